The van der Waals surface area contributed by atoms with Crippen molar-refractivity contribution in [1.82, 2.24) is 4.90 Å². The lowest BCUT2D eigenvalue weighted by Gasteiger charge is -2.26. The van der Waals surface area contributed by atoms with E-state index in [0.717, 1.165) is 31.5 Å². The molecule has 1 fully saturated rings. The molecule has 0 heterocycles. The summed E-state index contributed by atoms with van der Waals surface area (Å²) in [6.45, 7) is 6.86. The molecule has 1 aliphatic carbocycles. The molecule has 0 radical (unpaired) electrons. The summed E-state index contributed by atoms with van der Waals surface area (Å²) in [4.78, 5) is 2.44. The molecule has 1 aliphatic rings. The van der Waals surface area contributed by atoms with Gasteiger partial charge in [-0.2, -0.15) is 0 Å². The van der Waals surface area contributed by atoms with Crippen LogP contribution in [0.2, 0.25) is 0 Å². The molecular formula is C12H26N2O. The van der Waals surface area contributed by atoms with Crippen molar-refractivity contribution in [2.75, 3.05) is 26.7 Å². The van der Waals surface area contributed by atoms with Crippen LogP contribution in [0.15, 0.2) is 0 Å². The SMILES string of the molecule is CCOC(CN)CCN(C)C(C)C1CC1. The van der Waals surface area contributed by atoms with Gasteiger partial charge in [0, 0.05) is 25.7 Å². The van der Waals surface area contributed by atoms with Crippen molar-refractivity contribution in [3.8, 4) is 0 Å². The average molecular weight is 214 g/mol. The second-order valence-corrected chi connectivity index (χ2v) is 4.66. The molecule has 2 N–H and O–H groups in total. The van der Waals surface area contributed by atoms with Crippen LogP contribution in [0.3, 0.4) is 0 Å². The van der Waals surface area contributed by atoms with E-state index in [9.17, 15) is 0 Å². The fraction of sp³-hybridized carbons (Fsp3) is 1.00. The molecule has 15 heavy (non-hydrogen) atoms. The average Bonchev–Trinajstić information content (AvgIpc) is 3.06. The monoisotopic (exact) mass is 214 g/mol. The summed E-state index contributed by atoms with van der Waals surface area (Å²) in [7, 11) is 2.21. The predicted molar refractivity (Wildman–Crippen MR) is 63.9 cm³/mol. The van der Waals surface area contributed by atoms with Crippen molar-refractivity contribution in [2.24, 2.45) is 11.7 Å². The van der Waals surface area contributed by atoms with Gasteiger partial charge >= 0.3 is 0 Å². The van der Waals surface area contributed by atoms with E-state index in [0.29, 0.717) is 6.54 Å². The third kappa shape index (κ3) is 4.49. The second-order valence-electron chi connectivity index (χ2n) is 4.66. The number of hydrogen-bond donors (Lipinski definition) is 1. The summed E-state index contributed by atoms with van der Waals surface area (Å²) >= 11 is 0. The van der Waals surface area contributed by atoms with Gasteiger partial charge in [-0.3, -0.25) is 0 Å². The molecule has 0 aliphatic heterocycles. The Morgan fingerprint density at radius 1 is 1.47 bits per heavy atom. The van der Waals surface area contributed by atoms with E-state index in [2.05, 4.69) is 18.9 Å². The lowest BCUT2D eigenvalue weighted by atomic mass is 10.1. The first-order valence-electron chi connectivity index (χ1n) is 6.21. The Bertz CT molecular complexity index is 171. The van der Waals surface area contributed by atoms with Crippen LogP contribution in [-0.4, -0.2) is 43.8 Å². The fourth-order valence-corrected chi connectivity index (χ4v) is 1.99. The highest BCUT2D eigenvalue weighted by Crippen LogP contribution is 2.34. The smallest absolute Gasteiger partial charge is 0.0709 e. The molecule has 0 spiro atoms. The highest BCUT2D eigenvalue weighted by molar-refractivity contribution is 4.84. The van der Waals surface area contributed by atoms with Gasteiger partial charge in [0.05, 0.1) is 6.10 Å². The quantitative estimate of drug-likeness (QED) is 0.665. The molecule has 2 unspecified atom stereocenters. The van der Waals surface area contributed by atoms with Crippen molar-refractivity contribution in [2.45, 2.75) is 45.3 Å². The van der Waals surface area contributed by atoms with Crippen molar-refractivity contribution in [3.63, 3.8) is 0 Å². The van der Waals surface area contributed by atoms with E-state index in [4.69, 9.17) is 10.5 Å². The first kappa shape index (κ1) is 12.9. The Labute approximate surface area is 94.0 Å². The highest BCUT2D eigenvalue weighted by Gasteiger charge is 2.30. The normalized spacial score (nSPS) is 20.6. The lowest BCUT2D eigenvalue weighted by Crippen LogP contribution is -2.35. The van der Waals surface area contributed by atoms with Gasteiger partial charge in [0.1, 0.15) is 0 Å². The van der Waals surface area contributed by atoms with E-state index >= 15 is 0 Å². The zero-order valence-corrected chi connectivity index (χ0v) is 10.4. The third-order valence-corrected chi connectivity index (χ3v) is 3.47. The zero-order valence-electron chi connectivity index (χ0n) is 10.4. The van der Waals surface area contributed by atoms with Crippen LogP contribution >= 0.6 is 0 Å². The fourth-order valence-electron chi connectivity index (χ4n) is 1.99. The summed E-state index contributed by atoms with van der Waals surface area (Å²) in [6.07, 6.45) is 4.12. The maximum absolute atomic E-state index is 5.65. The molecule has 3 nitrogen and oxygen atoms in total. The van der Waals surface area contributed by atoms with Gasteiger partial charge in [-0.05, 0) is 46.1 Å². The minimum Gasteiger partial charge on any atom is -0.377 e. The summed E-state index contributed by atoms with van der Waals surface area (Å²) in [5.74, 6) is 0.943. The first-order valence-corrected chi connectivity index (χ1v) is 6.21. The number of ether oxygens (including phenoxy) is 1. The minimum absolute atomic E-state index is 0.240. The van der Waals surface area contributed by atoms with Crippen molar-refractivity contribution in [1.29, 1.82) is 0 Å². The molecule has 3 heteroatoms. The van der Waals surface area contributed by atoms with E-state index in [1.807, 2.05) is 6.92 Å². The van der Waals surface area contributed by atoms with Crippen molar-refractivity contribution < 1.29 is 4.74 Å². The molecule has 2 atom stereocenters. The van der Waals surface area contributed by atoms with Crippen molar-refractivity contribution >= 4 is 0 Å². The Morgan fingerprint density at radius 3 is 2.60 bits per heavy atom. The van der Waals surface area contributed by atoms with Crippen LogP contribution < -0.4 is 5.73 Å². The highest BCUT2D eigenvalue weighted by atomic mass is 16.5. The standard InChI is InChI=1S/C12H26N2O/c1-4-15-12(9-13)7-8-14(3)10(2)11-5-6-11/h10-12H,4-9,13H2,1-3H3. The lowest BCUT2D eigenvalue weighted by molar-refractivity contribution is 0.0527. The van der Waals surface area contributed by atoms with E-state index in [1.165, 1.54) is 12.8 Å². The molecule has 90 valence electrons. The van der Waals surface area contributed by atoms with Gasteiger partial charge < -0.3 is 15.4 Å². The summed E-state index contributed by atoms with van der Waals surface area (Å²) in [5.41, 5.74) is 5.65. The van der Waals surface area contributed by atoms with E-state index in [-0.39, 0.29) is 6.10 Å². The molecular weight excluding hydrogens is 188 g/mol. The van der Waals surface area contributed by atoms with Gasteiger partial charge in [-0.15, -0.1) is 0 Å². The van der Waals surface area contributed by atoms with Crippen LogP contribution in [0.5, 0.6) is 0 Å². The zero-order chi connectivity index (χ0) is 11.3. The third-order valence-electron chi connectivity index (χ3n) is 3.47. The maximum Gasteiger partial charge on any atom is 0.0709 e. The molecule has 1 rings (SSSR count). The van der Waals surface area contributed by atoms with Crippen LogP contribution in [0.1, 0.15) is 33.1 Å². The summed E-state index contributed by atoms with van der Waals surface area (Å²) in [6, 6.07) is 0.727. The predicted octanol–water partition coefficient (Wildman–Crippen LogP) is 1.47. The Morgan fingerprint density at radius 2 is 2.13 bits per heavy atom. The van der Waals surface area contributed by atoms with Gasteiger partial charge in [0.25, 0.3) is 0 Å². The first-order chi connectivity index (χ1) is 7.19. The number of nitrogens with zero attached hydrogens (tertiary/aromatic N) is 1. The van der Waals surface area contributed by atoms with Gasteiger partial charge in [0.2, 0.25) is 0 Å². The van der Waals surface area contributed by atoms with Crippen molar-refractivity contribution in [3.05, 3.63) is 0 Å². The largest absolute Gasteiger partial charge is 0.377 e. The molecule has 0 aromatic heterocycles. The minimum atomic E-state index is 0.240. The van der Waals surface area contributed by atoms with Crippen LogP contribution in [0.4, 0.5) is 0 Å². The second kappa shape index (κ2) is 6.46. The molecule has 1 saturated carbocycles. The van der Waals surface area contributed by atoms with Gasteiger partial charge in [-0.25, -0.2) is 0 Å². The van der Waals surface area contributed by atoms with Crippen LogP contribution in [0, 0.1) is 5.92 Å². The van der Waals surface area contributed by atoms with Crippen LogP contribution in [0.25, 0.3) is 0 Å². The van der Waals surface area contributed by atoms with E-state index < -0.39 is 0 Å². The summed E-state index contributed by atoms with van der Waals surface area (Å²) < 4.78 is 5.55. The Hall–Kier alpha value is -0.120. The number of hydrogen-bond acceptors (Lipinski definition) is 3. The Balaban J connectivity index is 2.15. The maximum atomic E-state index is 5.65. The topological polar surface area (TPSA) is 38.5 Å². The Kier molecular flexibility index (Phi) is 5.58. The molecule has 0 amide bonds. The van der Waals surface area contributed by atoms with Crippen LogP contribution in [-0.2, 0) is 4.74 Å². The van der Waals surface area contributed by atoms with E-state index in [1.54, 1.807) is 0 Å². The number of rotatable bonds is 8. The van der Waals surface area contributed by atoms with Gasteiger partial charge in [0.15, 0.2) is 0 Å². The molecule has 0 bridgehead atoms. The molecule has 0 saturated heterocycles. The van der Waals surface area contributed by atoms with Gasteiger partial charge in [-0.1, -0.05) is 0 Å². The molecule has 0 aromatic carbocycles. The number of nitrogens with two attached hydrogens (primary N) is 1. The molecule has 0 aromatic rings. The summed E-state index contributed by atoms with van der Waals surface area (Å²) in [5, 5.41) is 0.